The van der Waals surface area contributed by atoms with Gasteiger partial charge in [0.2, 0.25) is 0 Å². The molecule has 0 radical (unpaired) electrons. The second kappa shape index (κ2) is 5.94. The summed E-state index contributed by atoms with van der Waals surface area (Å²) in [7, 11) is 3.30. The van der Waals surface area contributed by atoms with E-state index >= 15 is 0 Å². The molecule has 3 N–H and O–H groups in total. The number of rotatable bonds is 5. The van der Waals surface area contributed by atoms with Crippen LogP contribution < -0.4 is 16.2 Å². The number of H-pyrrole nitrogens is 1. The van der Waals surface area contributed by atoms with Crippen LogP contribution in [0.3, 0.4) is 0 Å². The van der Waals surface area contributed by atoms with Crippen LogP contribution in [-0.2, 0) is 7.05 Å². The lowest BCUT2D eigenvalue weighted by Gasteiger charge is -2.12. The number of nitrogens with two attached hydrogens (primary N) is 1. The van der Waals surface area contributed by atoms with Crippen LogP contribution in [0.1, 0.15) is 11.6 Å². The third-order valence-electron chi connectivity index (χ3n) is 2.75. The van der Waals surface area contributed by atoms with Crippen molar-refractivity contribution in [3.63, 3.8) is 0 Å². The van der Waals surface area contributed by atoms with Crippen molar-refractivity contribution < 1.29 is 4.74 Å². The predicted octanol–water partition coefficient (Wildman–Crippen LogP) is 0.909. The third kappa shape index (κ3) is 3.18. The summed E-state index contributed by atoms with van der Waals surface area (Å²) in [5.74, 6) is 1.41. The van der Waals surface area contributed by atoms with E-state index in [1.807, 2.05) is 24.3 Å². The molecule has 0 fully saturated rings. The first kappa shape index (κ1) is 13.7. The minimum Gasteiger partial charge on any atom is -0.497 e. The molecule has 1 heterocycles. The van der Waals surface area contributed by atoms with Crippen LogP contribution in [0.15, 0.2) is 34.2 Å². The Balaban J connectivity index is 2.02. The predicted molar refractivity (Wildman–Crippen MR) is 74.5 cm³/mol. The smallest absolute Gasteiger partial charge is 0.343 e. The second-order valence-corrected chi connectivity index (χ2v) is 5.05. The van der Waals surface area contributed by atoms with Crippen molar-refractivity contribution in [2.24, 2.45) is 12.8 Å². The molecule has 19 heavy (non-hydrogen) atoms. The van der Waals surface area contributed by atoms with E-state index < -0.39 is 0 Å². The Hall–Kier alpha value is -1.73. The molecule has 0 spiro atoms. The fourth-order valence-corrected chi connectivity index (χ4v) is 2.50. The number of thioether (sulfide) groups is 1. The zero-order chi connectivity index (χ0) is 13.8. The highest BCUT2D eigenvalue weighted by Gasteiger charge is 2.11. The van der Waals surface area contributed by atoms with Crippen molar-refractivity contribution in [1.82, 2.24) is 14.8 Å². The van der Waals surface area contributed by atoms with Gasteiger partial charge in [-0.15, -0.1) is 5.10 Å². The third-order valence-corrected chi connectivity index (χ3v) is 3.90. The van der Waals surface area contributed by atoms with Gasteiger partial charge < -0.3 is 10.5 Å². The average molecular weight is 280 g/mol. The van der Waals surface area contributed by atoms with Crippen molar-refractivity contribution >= 4 is 11.8 Å². The van der Waals surface area contributed by atoms with E-state index in [4.69, 9.17) is 10.5 Å². The number of benzene rings is 1. The molecule has 0 aliphatic carbocycles. The fraction of sp³-hybridized carbons (Fsp3) is 0.333. The van der Waals surface area contributed by atoms with Crippen LogP contribution in [0.4, 0.5) is 0 Å². The topological polar surface area (TPSA) is 85.9 Å². The zero-order valence-corrected chi connectivity index (χ0v) is 11.6. The standard InChI is InChI=1S/C12H16N4O2S/c1-16-11(17)14-15-12(16)19-7-10(13)8-4-3-5-9(6-8)18-2/h3-6,10H,7,13H2,1-2H3,(H,14,17). The molecule has 1 atom stereocenters. The van der Waals surface area contributed by atoms with Gasteiger partial charge in [-0.1, -0.05) is 23.9 Å². The number of hydrogen-bond donors (Lipinski definition) is 2. The second-order valence-electron chi connectivity index (χ2n) is 4.06. The minimum atomic E-state index is -0.225. The van der Waals surface area contributed by atoms with Gasteiger partial charge in [0, 0.05) is 18.8 Å². The Morgan fingerprint density at radius 3 is 3.00 bits per heavy atom. The van der Waals surface area contributed by atoms with Crippen LogP contribution in [0.2, 0.25) is 0 Å². The molecule has 0 bridgehead atoms. The summed E-state index contributed by atoms with van der Waals surface area (Å²) in [5.41, 5.74) is 6.89. The lowest BCUT2D eigenvalue weighted by atomic mass is 10.1. The normalized spacial score (nSPS) is 12.4. The van der Waals surface area contributed by atoms with E-state index in [1.165, 1.54) is 16.3 Å². The summed E-state index contributed by atoms with van der Waals surface area (Å²) in [4.78, 5) is 11.2. The molecule has 0 saturated heterocycles. The van der Waals surface area contributed by atoms with Crippen molar-refractivity contribution in [2.75, 3.05) is 12.9 Å². The van der Waals surface area contributed by atoms with E-state index in [0.29, 0.717) is 10.9 Å². The first-order valence-electron chi connectivity index (χ1n) is 5.75. The van der Waals surface area contributed by atoms with Crippen LogP contribution in [-0.4, -0.2) is 27.6 Å². The maximum absolute atomic E-state index is 11.2. The SMILES string of the molecule is COc1cccc(C(N)CSc2n[nH]c(=O)n2C)c1. The number of aromatic nitrogens is 3. The summed E-state index contributed by atoms with van der Waals surface area (Å²) in [6.07, 6.45) is 0. The molecule has 102 valence electrons. The Morgan fingerprint density at radius 2 is 2.37 bits per heavy atom. The highest BCUT2D eigenvalue weighted by Crippen LogP contribution is 2.23. The highest BCUT2D eigenvalue weighted by atomic mass is 32.2. The fourth-order valence-electron chi connectivity index (χ4n) is 1.59. The van der Waals surface area contributed by atoms with Crippen molar-refractivity contribution in [3.05, 3.63) is 40.3 Å². The largest absolute Gasteiger partial charge is 0.497 e. The molecule has 0 aliphatic rings. The zero-order valence-electron chi connectivity index (χ0n) is 10.8. The lowest BCUT2D eigenvalue weighted by Crippen LogP contribution is -2.15. The number of hydrogen-bond acceptors (Lipinski definition) is 5. The first-order valence-corrected chi connectivity index (χ1v) is 6.74. The van der Waals surface area contributed by atoms with Crippen molar-refractivity contribution in [2.45, 2.75) is 11.2 Å². The van der Waals surface area contributed by atoms with Gasteiger partial charge in [-0.05, 0) is 17.7 Å². The van der Waals surface area contributed by atoms with Gasteiger partial charge in [0.15, 0.2) is 5.16 Å². The first-order chi connectivity index (χ1) is 9.11. The molecule has 1 aromatic heterocycles. The maximum Gasteiger partial charge on any atom is 0.343 e. The maximum atomic E-state index is 11.2. The molecule has 0 aliphatic heterocycles. The number of methoxy groups -OCH3 is 1. The summed E-state index contributed by atoms with van der Waals surface area (Å²) in [6.45, 7) is 0. The number of aromatic amines is 1. The summed E-state index contributed by atoms with van der Waals surface area (Å²) in [5, 5.41) is 6.95. The van der Waals surface area contributed by atoms with Crippen LogP contribution in [0.25, 0.3) is 0 Å². The van der Waals surface area contributed by atoms with E-state index in [2.05, 4.69) is 10.2 Å². The number of ether oxygens (including phenoxy) is 1. The van der Waals surface area contributed by atoms with Crippen LogP contribution in [0.5, 0.6) is 5.75 Å². The van der Waals surface area contributed by atoms with Gasteiger partial charge in [-0.3, -0.25) is 4.57 Å². The molecule has 1 aromatic carbocycles. The monoisotopic (exact) mass is 280 g/mol. The van der Waals surface area contributed by atoms with Crippen LogP contribution >= 0.6 is 11.8 Å². The van der Waals surface area contributed by atoms with Crippen LogP contribution in [0, 0.1) is 0 Å². The quantitative estimate of drug-likeness (QED) is 0.795. The molecule has 7 heteroatoms. The highest BCUT2D eigenvalue weighted by molar-refractivity contribution is 7.99. The molecule has 1 unspecified atom stereocenters. The van der Waals surface area contributed by atoms with Crippen molar-refractivity contribution in [1.29, 1.82) is 0 Å². The van der Waals surface area contributed by atoms with E-state index in [1.54, 1.807) is 14.2 Å². The molecule has 2 aromatic rings. The minimum absolute atomic E-state index is 0.146. The molecule has 6 nitrogen and oxygen atoms in total. The van der Waals surface area contributed by atoms with Gasteiger partial charge >= 0.3 is 5.69 Å². The summed E-state index contributed by atoms with van der Waals surface area (Å²) < 4.78 is 6.63. The Kier molecular flexibility index (Phi) is 4.28. The molecular weight excluding hydrogens is 264 g/mol. The molecule has 2 rings (SSSR count). The van der Waals surface area contributed by atoms with E-state index in [9.17, 15) is 4.79 Å². The molecule has 0 amide bonds. The summed E-state index contributed by atoms with van der Waals surface area (Å²) >= 11 is 1.44. The van der Waals surface area contributed by atoms with E-state index in [-0.39, 0.29) is 11.7 Å². The number of nitrogens with zero attached hydrogens (tertiary/aromatic N) is 2. The summed E-state index contributed by atoms with van der Waals surface area (Å²) in [6, 6.07) is 7.50. The van der Waals surface area contributed by atoms with Gasteiger partial charge in [-0.25, -0.2) is 9.89 Å². The van der Waals surface area contributed by atoms with Gasteiger partial charge in [0.25, 0.3) is 0 Å². The Bertz CT molecular complexity index is 608. The van der Waals surface area contributed by atoms with Gasteiger partial charge in [0.1, 0.15) is 5.75 Å². The van der Waals surface area contributed by atoms with Gasteiger partial charge in [0.05, 0.1) is 7.11 Å². The van der Waals surface area contributed by atoms with Crippen molar-refractivity contribution in [3.8, 4) is 5.75 Å². The lowest BCUT2D eigenvalue weighted by molar-refractivity contribution is 0.414. The molecular formula is C12H16N4O2S. The average Bonchev–Trinajstić information content (AvgIpc) is 2.76. The van der Waals surface area contributed by atoms with E-state index in [0.717, 1.165) is 11.3 Å². The Morgan fingerprint density at radius 1 is 1.58 bits per heavy atom. The Labute approximate surface area is 115 Å². The number of nitrogens with one attached hydrogen (secondary N) is 1. The molecule has 0 saturated carbocycles. The van der Waals surface area contributed by atoms with Gasteiger partial charge in [-0.2, -0.15) is 0 Å².